The lowest BCUT2D eigenvalue weighted by Gasteiger charge is -2.33. The first-order valence-electron chi connectivity index (χ1n) is 8.31. The SMILES string of the molecule is CC(C)c1ccc(S(=O)(=O)N2CCN(Cc3cccs3)CC2)cc1. The first kappa shape index (κ1) is 17.6. The highest BCUT2D eigenvalue weighted by molar-refractivity contribution is 7.89. The highest BCUT2D eigenvalue weighted by Crippen LogP contribution is 2.22. The van der Waals surface area contributed by atoms with E-state index in [1.807, 2.05) is 12.1 Å². The van der Waals surface area contributed by atoms with Gasteiger partial charge in [0.2, 0.25) is 10.0 Å². The lowest BCUT2D eigenvalue weighted by atomic mass is 10.0. The minimum atomic E-state index is -3.38. The van der Waals surface area contributed by atoms with Gasteiger partial charge < -0.3 is 0 Å². The molecule has 1 aliphatic heterocycles. The molecular weight excluding hydrogens is 340 g/mol. The molecule has 0 unspecified atom stereocenters. The summed E-state index contributed by atoms with van der Waals surface area (Å²) in [6, 6.07) is 11.5. The molecule has 0 aliphatic carbocycles. The van der Waals surface area contributed by atoms with Crippen molar-refractivity contribution < 1.29 is 8.42 Å². The Morgan fingerprint density at radius 3 is 2.25 bits per heavy atom. The first-order chi connectivity index (χ1) is 11.5. The Balaban J connectivity index is 1.64. The summed E-state index contributed by atoms with van der Waals surface area (Å²) in [5.41, 5.74) is 1.16. The standard InChI is InChI=1S/C18H24N2O2S2/c1-15(2)16-5-7-18(8-6-16)24(21,22)20-11-9-19(10-12-20)14-17-4-3-13-23-17/h3-8,13,15H,9-12,14H2,1-2H3. The highest BCUT2D eigenvalue weighted by Gasteiger charge is 2.28. The first-order valence-corrected chi connectivity index (χ1v) is 10.6. The predicted octanol–water partition coefficient (Wildman–Crippen LogP) is 3.38. The zero-order chi connectivity index (χ0) is 17.2. The van der Waals surface area contributed by atoms with E-state index in [-0.39, 0.29) is 0 Å². The van der Waals surface area contributed by atoms with Crippen LogP contribution in [0.25, 0.3) is 0 Å². The second-order valence-electron chi connectivity index (χ2n) is 6.48. The molecule has 1 saturated heterocycles. The maximum absolute atomic E-state index is 12.8. The summed E-state index contributed by atoms with van der Waals surface area (Å²) in [7, 11) is -3.38. The van der Waals surface area contributed by atoms with Gasteiger partial charge in [0.05, 0.1) is 4.90 Å². The van der Waals surface area contributed by atoms with Gasteiger partial charge in [-0.25, -0.2) is 8.42 Å². The number of hydrogen-bond donors (Lipinski definition) is 0. The van der Waals surface area contributed by atoms with Crippen LogP contribution in [-0.4, -0.2) is 43.8 Å². The lowest BCUT2D eigenvalue weighted by molar-refractivity contribution is 0.183. The lowest BCUT2D eigenvalue weighted by Crippen LogP contribution is -2.48. The van der Waals surface area contributed by atoms with Crippen LogP contribution in [0.5, 0.6) is 0 Å². The van der Waals surface area contributed by atoms with Gasteiger partial charge in [0.15, 0.2) is 0 Å². The Bertz CT molecular complexity index is 745. The molecule has 1 fully saturated rings. The van der Waals surface area contributed by atoms with Crippen molar-refractivity contribution in [3.63, 3.8) is 0 Å². The van der Waals surface area contributed by atoms with Gasteiger partial charge in [-0.3, -0.25) is 4.90 Å². The minimum absolute atomic E-state index is 0.401. The van der Waals surface area contributed by atoms with Gasteiger partial charge in [0, 0.05) is 37.6 Å². The molecule has 0 bridgehead atoms. The van der Waals surface area contributed by atoms with Crippen molar-refractivity contribution in [2.45, 2.75) is 31.2 Å². The Morgan fingerprint density at radius 2 is 1.71 bits per heavy atom. The zero-order valence-corrected chi connectivity index (χ0v) is 15.8. The molecule has 130 valence electrons. The number of thiophene rings is 1. The van der Waals surface area contributed by atoms with Crippen LogP contribution in [-0.2, 0) is 16.6 Å². The molecule has 0 saturated carbocycles. The molecule has 0 radical (unpaired) electrons. The molecule has 0 atom stereocenters. The third kappa shape index (κ3) is 3.88. The van der Waals surface area contributed by atoms with E-state index in [0.717, 1.165) is 25.2 Å². The van der Waals surface area contributed by atoms with E-state index >= 15 is 0 Å². The Kier molecular flexibility index (Phi) is 5.39. The van der Waals surface area contributed by atoms with Crippen LogP contribution in [0.4, 0.5) is 0 Å². The number of hydrogen-bond acceptors (Lipinski definition) is 4. The molecule has 0 N–H and O–H groups in total. The summed E-state index contributed by atoms with van der Waals surface area (Å²) < 4.78 is 27.2. The van der Waals surface area contributed by atoms with Gasteiger partial charge in [-0.2, -0.15) is 4.31 Å². The average molecular weight is 365 g/mol. The molecular formula is C18H24N2O2S2. The second kappa shape index (κ2) is 7.35. The minimum Gasteiger partial charge on any atom is -0.296 e. The van der Waals surface area contributed by atoms with Gasteiger partial charge in [-0.15, -0.1) is 11.3 Å². The molecule has 1 aromatic carbocycles. The van der Waals surface area contributed by atoms with E-state index in [1.165, 1.54) is 4.88 Å². The molecule has 24 heavy (non-hydrogen) atoms. The van der Waals surface area contributed by atoms with Crippen molar-refractivity contribution in [3.8, 4) is 0 Å². The van der Waals surface area contributed by atoms with Gasteiger partial charge in [0.1, 0.15) is 0 Å². The van der Waals surface area contributed by atoms with Crippen molar-refractivity contribution in [1.29, 1.82) is 0 Å². The number of rotatable bonds is 5. The molecule has 0 spiro atoms. The fourth-order valence-corrected chi connectivity index (χ4v) is 5.09. The molecule has 6 heteroatoms. The fraction of sp³-hybridized carbons (Fsp3) is 0.444. The molecule has 2 aromatic rings. The maximum atomic E-state index is 12.8. The van der Waals surface area contributed by atoms with E-state index < -0.39 is 10.0 Å². The van der Waals surface area contributed by atoms with Crippen molar-refractivity contribution >= 4 is 21.4 Å². The molecule has 3 rings (SSSR count). The third-order valence-corrected chi connectivity index (χ3v) is 7.25. The van der Waals surface area contributed by atoms with Crippen LogP contribution in [0.15, 0.2) is 46.7 Å². The average Bonchev–Trinajstić information content (AvgIpc) is 3.08. The van der Waals surface area contributed by atoms with E-state index in [2.05, 4.69) is 36.3 Å². The fourth-order valence-electron chi connectivity index (χ4n) is 2.92. The van der Waals surface area contributed by atoms with Crippen LogP contribution in [0, 0.1) is 0 Å². The summed E-state index contributed by atoms with van der Waals surface area (Å²) in [4.78, 5) is 4.05. The van der Waals surface area contributed by atoms with Crippen LogP contribution >= 0.6 is 11.3 Å². The van der Waals surface area contributed by atoms with Crippen LogP contribution in [0.3, 0.4) is 0 Å². The van der Waals surface area contributed by atoms with Crippen molar-refractivity contribution in [3.05, 3.63) is 52.2 Å². The van der Waals surface area contributed by atoms with Gasteiger partial charge in [0.25, 0.3) is 0 Å². The molecule has 0 amide bonds. The maximum Gasteiger partial charge on any atom is 0.243 e. The monoisotopic (exact) mass is 364 g/mol. The summed E-state index contributed by atoms with van der Waals surface area (Å²) in [5, 5.41) is 2.08. The van der Waals surface area contributed by atoms with E-state index in [0.29, 0.717) is 23.9 Å². The smallest absolute Gasteiger partial charge is 0.243 e. The molecule has 4 nitrogen and oxygen atoms in total. The summed E-state index contributed by atoms with van der Waals surface area (Å²) >= 11 is 1.75. The molecule has 2 heterocycles. The van der Waals surface area contributed by atoms with Crippen molar-refractivity contribution in [2.24, 2.45) is 0 Å². The van der Waals surface area contributed by atoms with Gasteiger partial charge in [-0.05, 0) is 35.1 Å². The Hall–Kier alpha value is -1.21. The quantitative estimate of drug-likeness (QED) is 0.817. The summed E-state index contributed by atoms with van der Waals surface area (Å²) in [6.45, 7) is 7.79. The number of benzene rings is 1. The summed E-state index contributed by atoms with van der Waals surface area (Å²) in [5.74, 6) is 0.405. The van der Waals surface area contributed by atoms with E-state index in [4.69, 9.17) is 0 Å². The zero-order valence-electron chi connectivity index (χ0n) is 14.2. The van der Waals surface area contributed by atoms with Gasteiger partial charge in [-0.1, -0.05) is 32.0 Å². The van der Waals surface area contributed by atoms with E-state index in [9.17, 15) is 8.42 Å². The second-order valence-corrected chi connectivity index (χ2v) is 9.45. The van der Waals surface area contributed by atoms with Crippen LogP contribution < -0.4 is 0 Å². The topological polar surface area (TPSA) is 40.6 Å². The Labute approximate surface area is 148 Å². The largest absolute Gasteiger partial charge is 0.296 e. The normalized spacial score (nSPS) is 17.5. The summed E-state index contributed by atoms with van der Waals surface area (Å²) in [6.07, 6.45) is 0. The number of piperazine rings is 1. The van der Waals surface area contributed by atoms with E-state index in [1.54, 1.807) is 27.8 Å². The molecule has 1 aliphatic rings. The van der Waals surface area contributed by atoms with Crippen LogP contribution in [0.2, 0.25) is 0 Å². The van der Waals surface area contributed by atoms with Crippen molar-refractivity contribution in [2.75, 3.05) is 26.2 Å². The third-order valence-electron chi connectivity index (χ3n) is 4.48. The van der Waals surface area contributed by atoms with Crippen molar-refractivity contribution in [1.82, 2.24) is 9.21 Å². The highest BCUT2D eigenvalue weighted by atomic mass is 32.2. The number of nitrogens with zero attached hydrogens (tertiary/aromatic N) is 2. The molecule has 1 aromatic heterocycles. The predicted molar refractivity (Wildman–Crippen MR) is 98.9 cm³/mol. The van der Waals surface area contributed by atoms with Gasteiger partial charge >= 0.3 is 0 Å². The number of sulfonamides is 1. The Morgan fingerprint density at radius 1 is 1.04 bits per heavy atom. The van der Waals surface area contributed by atoms with Crippen LogP contribution in [0.1, 0.15) is 30.2 Å².